The van der Waals surface area contributed by atoms with Crippen LogP contribution in [0, 0.1) is 5.41 Å². The molecule has 3 rings (SSSR count). The zero-order valence-electron chi connectivity index (χ0n) is 19.3. The number of piperazine rings is 1. The van der Waals surface area contributed by atoms with Crippen molar-refractivity contribution >= 4 is 11.9 Å². The molecule has 1 atom stereocenters. The van der Waals surface area contributed by atoms with E-state index >= 15 is 0 Å². The van der Waals surface area contributed by atoms with Gasteiger partial charge in [-0.2, -0.15) is 0 Å². The van der Waals surface area contributed by atoms with Crippen LogP contribution < -0.4 is 5.32 Å². The summed E-state index contributed by atoms with van der Waals surface area (Å²) >= 11 is 0. The highest BCUT2D eigenvalue weighted by Gasteiger charge is 2.29. The number of carbonyl (C=O) groups excluding carboxylic acids is 2. The van der Waals surface area contributed by atoms with E-state index in [1.54, 1.807) is 0 Å². The molecule has 0 bridgehead atoms. The van der Waals surface area contributed by atoms with Crippen LogP contribution in [0.4, 0.5) is 4.79 Å². The van der Waals surface area contributed by atoms with Crippen molar-refractivity contribution in [3.63, 3.8) is 0 Å². The number of hydrogen-bond acceptors (Lipinski definition) is 4. The third-order valence-corrected chi connectivity index (χ3v) is 6.12. The maximum absolute atomic E-state index is 13.2. The summed E-state index contributed by atoms with van der Waals surface area (Å²) in [4.78, 5) is 32.1. The van der Waals surface area contributed by atoms with Crippen LogP contribution in [-0.4, -0.2) is 92.2 Å². The number of amides is 3. The molecule has 0 spiro atoms. The van der Waals surface area contributed by atoms with Crippen molar-refractivity contribution in [2.24, 2.45) is 5.41 Å². The Kier molecular flexibility index (Phi) is 8.32. The number of ether oxygens (including phenoxy) is 1. The summed E-state index contributed by atoms with van der Waals surface area (Å²) in [5.41, 5.74) is 1.26. The molecule has 7 nitrogen and oxygen atoms in total. The fourth-order valence-corrected chi connectivity index (χ4v) is 4.01. The van der Waals surface area contributed by atoms with E-state index in [0.29, 0.717) is 38.3 Å². The van der Waals surface area contributed by atoms with Crippen LogP contribution in [0.15, 0.2) is 30.3 Å². The average Bonchev–Trinajstić information content (AvgIpc) is 2.78. The summed E-state index contributed by atoms with van der Waals surface area (Å²) in [6.07, 6.45) is 1.15. The van der Waals surface area contributed by atoms with Crippen molar-refractivity contribution in [3.05, 3.63) is 35.9 Å². The molecule has 1 aromatic rings. The van der Waals surface area contributed by atoms with Crippen molar-refractivity contribution in [2.75, 3.05) is 65.6 Å². The van der Waals surface area contributed by atoms with Gasteiger partial charge in [0, 0.05) is 45.8 Å². The van der Waals surface area contributed by atoms with E-state index in [1.807, 2.05) is 40.1 Å². The number of nitrogens with one attached hydrogen (secondary N) is 1. The first-order chi connectivity index (χ1) is 14.8. The molecule has 2 aliphatic heterocycles. The van der Waals surface area contributed by atoms with Crippen LogP contribution in [0.1, 0.15) is 38.7 Å². The molecule has 3 amide bonds. The maximum atomic E-state index is 13.2. The highest BCUT2D eigenvalue weighted by Crippen LogP contribution is 2.20. The number of nitrogens with zero attached hydrogens (tertiary/aromatic N) is 3. The molecule has 0 aromatic heterocycles. The Morgan fingerprint density at radius 2 is 1.61 bits per heavy atom. The van der Waals surface area contributed by atoms with E-state index < -0.39 is 0 Å². The first-order valence-electron chi connectivity index (χ1n) is 11.5. The minimum atomic E-state index is -0.378. The number of morpholine rings is 1. The number of rotatable bonds is 6. The smallest absolute Gasteiger partial charge is 0.317 e. The summed E-state index contributed by atoms with van der Waals surface area (Å²) in [5, 5.41) is 3.03. The predicted molar refractivity (Wildman–Crippen MR) is 122 cm³/mol. The maximum Gasteiger partial charge on any atom is 0.317 e. The average molecular weight is 431 g/mol. The fraction of sp³-hybridized carbons (Fsp3) is 0.667. The molecule has 1 N–H and O–H groups in total. The normalized spacial score (nSPS) is 19.2. The Balaban J connectivity index is 1.53. The van der Waals surface area contributed by atoms with Gasteiger partial charge >= 0.3 is 6.03 Å². The number of carbonyl (C=O) groups is 2. The largest absolute Gasteiger partial charge is 0.378 e. The number of urea groups is 1. The fourth-order valence-electron chi connectivity index (χ4n) is 4.01. The lowest BCUT2D eigenvalue weighted by molar-refractivity contribution is -0.136. The van der Waals surface area contributed by atoms with Gasteiger partial charge in [-0.3, -0.25) is 9.69 Å². The quantitative estimate of drug-likeness (QED) is 0.753. The zero-order chi connectivity index (χ0) is 22.3. The summed E-state index contributed by atoms with van der Waals surface area (Å²) in [6, 6.07) is 9.66. The van der Waals surface area contributed by atoms with Gasteiger partial charge in [0.25, 0.3) is 0 Å². The van der Waals surface area contributed by atoms with E-state index in [1.165, 1.54) is 0 Å². The lowest BCUT2D eigenvalue weighted by Crippen LogP contribution is -2.53. The first kappa shape index (κ1) is 23.5. The summed E-state index contributed by atoms with van der Waals surface area (Å²) in [7, 11) is 0. The monoisotopic (exact) mass is 430 g/mol. The highest BCUT2D eigenvalue weighted by atomic mass is 16.5. The van der Waals surface area contributed by atoms with Gasteiger partial charge in [0.2, 0.25) is 5.91 Å². The van der Waals surface area contributed by atoms with Crippen LogP contribution in [-0.2, 0) is 9.53 Å². The second-order valence-electron chi connectivity index (χ2n) is 9.73. The van der Waals surface area contributed by atoms with Crippen molar-refractivity contribution in [3.8, 4) is 0 Å². The molecular formula is C24H38N4O3. The van der Waals surface area contributed by atoms with E-state index in [4.69, 9.17) is 4.74 Å². The Hall–Kier alpha value is -2.12. The molecule has 2 saturated heterocycles. The molecule has 2 fully saturated rings. The molecule has 1 unspecified atom stereocenters. The van der Waals surface area contributed by atoms with Crippen LogP contribution in [0.5, 0.6) is 0 Å². The molecular weight excluding hydrogens is 392 g/mol. The molecule has 0 saturated carbocycles. The minimum Gasteiger partial charge on any atom is -0.378 e. The first-order valence-corrected chi connectivity index (χ1v) is 11.5. The highest BCUT2D eigenvalue weighted by molar-refractivity contribution is 5.85. The minimum absolute atomic E-state index is 0.0572. The Morgan fingerprint density at radius 3 is 2.23 bits per heavy atom. The van der Waals surface area contributed by atoms with Crippen LogP contribution in [0.2, 0.25) is 0 Å². The Labute approximate surface area is 186 Å². The molecule has 7 heteroatoms. The molecule has 172 valence electrons. The lowest BCUT2D eigenvalue weighted by atomic mass is 9.92. The molecule has 2 aliphatic rings. The Bertz CT molecular complexity index is 705. The third-order valence-electron chi connectivity index (χ3n) is 6.12. The van der Waals surface area contributed by atoms with Crippen molar-refractivity contribution in [2.45, 2.75) is 33.1 Å². The van der Waals surface area contributed by atoms with Gasteiger partial charge in [-0.15, -0.1) is 0 Å². The van der Waals surface area contributed by atoms with Gasteiger partial charge in [0.1, 0.15) is 0 Å². The van der Waals surface area contributed by atoms with E-state index in [-0.39, 0.29) is 17.9 Å². The summed E-state index contributed by atoms with van der Waals surface area (Å²) in [5.74, 6) is -0.321. The molecule has 0 radical (unpaired) electrons. The number of hydrogen-bond donors (Lipinski definition) is 1. The second kappa shape index (κ2) is 11.0. The van der Waals surface area contributed by atoms with Crippen molar-refractivity contribution in [1.29, 1.82) is 0 Å². The molecule has 2 heterocycles. The van der Waals surface area contributed by atoms with E-state index in [9.17, 15) is 9.59 Å². The third kappa shape index (κ3) is 7.21. The van der Waals surface area contributed by atoms with Gasteiger partial charge in [-0.1, -0.05) is 51.1 Å². The van der Waals surface area contributed by atoms with Gasteiger partial charge in [-0.05, 0) is 23.9 Å². The second-order valence-corrected chi connectivity index (χ2v) is 9.73. The van der Waals surface area contributed by atoms with Gasteiger partial charge < -0.3 is 19.9 Å². The van der Waals surface area contributed by atoms with Crippen LogP contribution in [0.25, 0.3) is 0 Å². The molecule has 31 heavy (non-hydrogen) atoms. The van der Waals surface area contributed by atoms with Crippen molar-refractivity contribution in [1.82, 2.24) is 20.0 Å². The SMILES string of the molecule is CC(C)(C)CCN1CCN(C(=O)NCC(C(=O)N2CCOCC2)c2ccccc2)CC1. The number of benzene rings is 1. The topological polar surface area (TPSA) is 65.1 Å². The summed E-state index contributed by atoms with van der Waals surface area (Å²) in [6.45, 7) is 13.8. The van der Waals surface area contributed by atoms with Gasteiger partial charge in [0.05, 0.1) is 19.1 Å². The van der Waals surface area contributed by atoms with Crippen LogP contribution in [0.3, 0.4) is 0 Å². The summed E-state index contributed by atoms with van der Waals surface area (Å²) < 4.78 is 5.38. The van der Waals surface area contributed by atoms with Gasteiger partial charge in [0.15, 0.2) is 0 Å². The standard InChI is InChI=1S/C24H38N4O3/c1-24(2,3)9-10-26-11-13-28(14-12-26)23(30)25-19-21(20-7-5-4-6-8-20)22(29)27-15-17-31-18-16-27/h4-8,21H,9-19H2,1-3H3,(H,25,30). The van der Waals surface area contributed by atoms with E-state index in [0.717, 1.165) is 44.7 Å². The molecule has 0 aliphatic carbocycles. The van der Waals surface area contributed by atoms with Crippen molar-refractivity contribution < 1.29 is 14.3 Å². The van der Waals surface area contributed by atoms with Crippen LogP contribution >= 0.6 is 0 Å². The lowest BCUT2D eigenvalue weighted by Gasteiger charge is -2.36. The Morgan fingerprint density at radius 1 is 0.968 bits per heavy atom. The predicted octanol–water partition coefficient (Wildman–Crippen LogP) is 2.39. The van der Waals surface area contributed by atoms with E-state index in [2.05, 4.69) is 31.0 Å². The zero-order valence-corrected chi connectivity index (χ0v) is 19.3. The molecule has 1 aromatic carbocycles. The van der Waals surface area contributed by atoms with Gasteiger partial charge in [-0.25, -0.2) is 4.79 Å².